The molecule has 2 aromatic carbocycles. The van der Waals surface area contributed by atoms with Gasteiger partial charge < -0.3 is 4.98 Å². The number of allylic oxidation sites excluding steroid dienone is 2. The fourth-order valence-electron chi connectivity index (χ4n) is 5.52. The van der Waals surface area contributed by atoms with Gasteiger partial charge in [-0.05, 0) is 39.6 Å². The Morgan fingerprint density at radius 2 is 1.00 bits per heavy atom. The standard InChI is InChI=1S/C33H10F4N7.Cm/c34-25-9-17(10-26(35)41-25)15-1-3-20-23(7-15)22(5-6-38)31-30(20)44-33-29(19(13-39)14-40)24-8-16(2-4-21(24)32(33)43-31)18-11-27(36)42-28(37)12-18;/h1-4,7-12H;/q-1;. The molecule has 0 aliphatic heterocycles. The molecule has 0 saturated carbocycles. The molecule has 3 aromatic heterocycles. The van der Waals surface area contributed by atoms with E-state index in [1.54, 1.807) is 36.4 Å². The molecule has 0 unspecified atom stereocenters. The zero-order valence-corrected chi connectivity index (χ0v) is 25.2. The fourth-order valence-corrected chi connectivity index (χ4v) is 5.52. The van der Waals surface area contributed by atoms with Gasteiger partial charge in [-0.3, -0.25) is 4.98 Å². The number of halogens is 4. The molecule has 0 atom stereocenters. The average Bonchev–Trinajstić information content (AvgIpc) is 3.47. The molecule has 12 heteroatoms. The quantitative estimate of drug-likeness (QED) is 0.0821. The number of nitrogens with zero attached hydrogens (tertiary/aromatic N) is 7. The van der Waals surface area contributed by atoms with Crippen LogP contribution in [0.15, 0.2) is 66.2 Å². The van der Waals surface area contributed by atoms with Gasteiger partial charge in [0, 0.05) is 47.2 Å². The molecule has 45 heavy (non-hydrogen) atoms. The van der Waals surface area contributed by atoms with Crippen LogP contribution in [0.3, 0.4) is 0 Å². The van der Waals surface area contributed by atoms with Crippen LogP contribution >= 0.6 is 0 Å². The van der Waals surface area contributed by atoms with Crippen molar-refractivity contribution >= 4 is 11.1 Å². The zero-order chi connectivity index (χ0) is 30.7. The van der Waals surface area contributed by atoms with Crippen LogP contribution in [0.5, 0.6) is 0 Å². The minimum atomic E-state index is -1.01. The number of benzene rings is 2. The third-order valence-electron chi connectivity index (χ3n) is 7.30. The zero-order valence-electron chi connectivity index (χ0n) is 22.3. The van der Waals surface area contributed by atoms with Gasteiger partial charge in [0.15, 0.2) is 0 Å². The first-order chi connectivity index (χ1) is 21.3. The Kier molecular flexibility index (Phi) is 6.20. The van der Waals surface area contributed by atoms with E-state index < -0.39 is 23.8 Å². The van der Waals surface area contributed by atoms with Gasteiger partial charge >= 0.3 is 0 Å². The minimum Gasteiger partial charge on any atom is -0.308 e. The smallest absolute Gasteiger partial charge is 0.216 e. The second-order valence-electron chi connectivity index (χ2n) is 9.73. The van der Waals surface area contributed by atoms with Crippen molar-refractivity contribution in [2.75, 3.05) is 0 Å². The maximum Gasteiger partial charge on any atom is 0.216 e. The van der Waals surface area contributed by atoms with E-state index in [4.69, 9.17) is 9.97 Å². The van der Waals surface area contributed by atoms with Crippen LogP contribution in [-0.4, -0.2) is 19.9 Å². The van der Waals surface area contributed by atoms with Crippen molar-refractivity contribution in [3.63, 3.8) is 0 Å². The van der Waals surface area contributed by atoms with Gasteiger partial charge in [0.05, 0.1) is 11.4 Å². The number of hydrogen-bond acceptors (Lipinski definition) is 7. The Hall–Kier alpha value is -7.51. The van der Waals surface area contributed by atoms with E-state index in [0.717, 1.165) is 24.3 Å². The summed E-state index contributed by atoms with van der Waals surface area (Å²) in [6.45, 7) is 0. The number of nitriles is 3. The SMILES string of the molecule is N#C[C-]=C1c2cc(-c3cc(F)nc(F)c3)ccc2-c2nc3c(nc21)-c1ccc(-c2cc(F)nc(F)c2)cc1C3=C(C#N)C#N.[Cm]. The monoisotopic (exact) mass is 823 g/mol. The summed E-state index contributed by atoms with van der Waals surface area (Å²) < 4.78 is 55.5. The Bertz CT molecular complexity index is 2270. The fraction of sp³-hybridized carbons (Fsp3) is 0. The first-order valence-electron chi connectivity index (χ1n) is 12.8. The predicted molar refractivity (Wildman–Crippen MR) is 148 cm³/mol. The average molecular weight is 827 g/mol. The summed E-state index contributed by atoms with van der Waals surface area (Å²) in [5, 5.41) is 29.3. The molecule has 2 aliphatic carbocycles. The Balaban J connectivity index is 0.00000357. The van der Waals surface area contributed by atoms with Crippen molar-refractivity contribution in [2.45, 2.75) is 0 Å². The van der Waals surface area contributed by atoms with Crippen LogP contribution in [0.25, 0.3) is 55.9 Å². The van der Waals surface area contributed by atoms with E-state index in [9.17, 15) is 33.3 Å². The number of fused-ring (bicyclic) bond motifs is 6. The van der Waals surface area contributed by atoms with Crippen molar-refractivity contribution in [3.8, 4) is 63.0 Å². The van der Waals surface area contributed by atoms with E-state index in [0.29, 0.717) is 56.0 Å². The molecule has 0 N–H and O–H groups in total. The van der Waals surface area contributed by atoms with Gasteiger partial charge in [0.1, 0.15) is 17.7 Å². The van der Waals surface area contributed by atoms with Crippen LogP contribution in [0.1, 0.15) is 22.5 Å². The normalized spacial score (nSPS) is 12.6. The predicted octanol–water partition coefficient (Wildman–Crippen LogP) is 6.73. The van der Waals surface area contributed by atoms with Gasteiger partial charge in [-0.1, -0.05) is 35.9 Å². The maximum absolute atomic E-state index is 13.9. The first kappa shape index (κ1) is 27.6. The Morgan fingerprint density at radius 3 is 1.51 bits per heavy atom. The van der Waals surface area contributed by atoms with Gasteiger partial charge in [-0.15, -0.1) is 17.2 Å². The van der Waals surface area contributed by atoms with Crippen molar-refractivity contribution < 1.29 is 17.6 Å². The molecular weight excluding hydrogens is 817 g/mol. The van der Waals surface area contributed by atoms with E-state index in [-0.39, 0.29) is 28.0 Å². The number of hydrogen-bond donors (Lipinski definition) is 0. The molecule has 0 spiro atoms. The van der Waals surface area contributed by atoms with E-state index >= 15 is 0 Å². The molecule has 0 radical (unpaired) electrons. The summed E-state index contributed by atoms with van der Waals surface area (Å²) >= 11 is 0. The van der Waals surface area contributed by atoms with Gasteiger partial charge in [-0.2, -0.15) is 38.1 Å². The first-order valence-corrected chi connectivity index (χ1v) is 12.8. The van der Waals surface area contributed by atoms with Crippen LogP contribution < -0.4 is 0 Å². The summed E-state index contributed by atoms with van der Waals surface area (Å²) in [7, 11) is 0. The molecule has 0 fully saturated rings. The summed E-state index contributed by atoms with van der Waals surface area (Å²) in [4.78, 5) is 15.9. The van der Waals surface area contributed by atoms with Crippen LogP contribution in [-0.2, 0) is 0 Å². The van der Waals surface area contributed by atoms with Crippen LogP contribution in [0.2, 0.25) is 0 Å². The van der Waals surface area contributed by atoms with Gasteiger partial charge in [0.25, 0.3) is 0 Å². The van der Waals surface area contributed by atoms with Crippen molar-refractivity contribution in [1.82, 2.24) is 19.9 Å². The summed E-state index contributed by atoms with van der Waals surface area (Å²) in [5.41, 5.74) is 4.63. The van der Waals surface area contributed by atoms with Gasteiger partial charge in [0.2, 0.25) is 23.8 Å². The number of rotatable bonds is 2. The molecule has 0 amide bonds. The van der Waals surface area contributed by atoms with Crippen molar-refractivity contribution in [3.05, 3.63) is 119 Å². The van der Waals surface area contributed by atoms with Crippen LogP contribution in [0.4, 0.5) is 17.6 Å². The second-order valence-corrected chi connectivity index (χ2v) is 9.73. The summed E-state index contributed by atoms with van der Waals surface area (Å²) in [5.74, 6) is -4.01. The maximum atomic E-state index is 13.9. The van der Waals surface area contributed by atoms with Crippen molar-refractivity contribution in [2.24, 2.45) is 0 Å². The largest absolute Gasteiger partial charge is 0.308 e. The van der Waals surface area contributed by atoms with Crippen LogP contribution in [0, 0.1) is 63.9 Å². The molecule has 2 aliphatic rings. The molecule has 7 rings (SSSR count). The molecular formula is C33H10CmF4N7-. The van der Waals surface area contributed by atoms with Crippen molar-refractivity contribution in [1.29, 1.82) is 15.8 Å². The van der Waals surface area contributed by atoms with E-state index in [2.05, 4.69) is 16.0 Å². The molecule has 214 valence electrons. The third kappa shape index (κ3) is 4.21. The second kappa shape index (κ2) is 10.1. The number of aromatic nitrogens is 4. The van der Waals surface area contributed by atoms with E-state index in [1.807, 2.05) is 18.2 Å². The molecule has 3 heterocycles. The summed E-state index contributed by atoms with van der Waals surface area (Å²) in [6.07, 6.45) is 2.64. The van der Waals surface area contributed by atoms with Gasteiger partial charge in [-0.25, -0.2) is 5.26 Å². The van der Waals surface area contributed by atoms with E-state index in [1.165, 1.54) is 0 Å². The topological polar surface area (TPSA) is 123 Å². The minimum absolute atomic E-state index is 0. The third-order valence-corrected chi connectivity index (χ3v) is 7.30. The molecule has 0 bridgehead atoms. The summed E-state index contributed by atoms with van der Waals surface area (Å²) in [6, 6.07) is 19.7. The molecule has 7 nitrogen and oxygen atoms in total. The molecule has 0 saturated heterocycles. The Labute approximate surface area is 246 Å². The number of pyridine rings is 2. The Morgan fingerprint density at radius 1 is 0.533 bits per heavy atom. The molecule has 5 aromatic rings.